The van der Waals surface area contributed by atoms with Crippen LogP contribution in [0.3, 0.4) is 0 Å². The van der Waals surface area contributed by atoms with E-state index in [-0.39, 0.29) is 29.3 Å². The Morgan fingerprint density at radius 3 is 2.36 bits per heavy atom. The predicted molar refractivity (Wildman–Crippen MR) is 152 cm³/mol. The Labute approximate surface area is 230 Å². The smallest absolute Gasteiger partial charge is 0.246 e. The van der Waals surface area contributed by atoms with E-state index in [2.05, 4.69) is 4.90 Å². The SMILES string of the molecule is O=C(c1ccc(OC2CN(C/C=C/C(=O)N3CCC3)C2)cc1)c1c(-c2ccc(O)cc2)sc2cc(O)ccc12. The first-order valence-electron chi connectivity index (χ1n) is 13.0. The third-order valence-corrected chi connectivity index (χ3v) is 8.37. The number of ketones is 1. The van der Waals surface area contributed by atoms with Crippen molar-refractivity contribution < 1.29 is 24.5 Å². The second-order valence-electron chi connectivity index (χ2n) is 9.93. The summed E-state index contributed by atoms with van der Waals surface area (Å²) in [6, 6.07) is 19.0. The lowest BCUT2D eigenvalue weighted by molar-refractivity contribution is -0.129. The van der Waals surface area contributed by atoms with Gasteiger partial charge in [-0.2, -0.15) is 0 Å². The summed E-state index contributed by atoms with van der Waals surface area (Å²) >= 11 is 1.44. The summed E-state index contributed by atoms with van der Waals surface area (Å²) in [4.78, 5) is 30.5. The lowest BCUT2D eigenvalue weighted by Crippen LogP contribution is -2.53. The van der Waals surface area contributed by atoms with Crippen molar-refractivity contribution in [1.29, 1.82) is 0 Å². The molecule has 2 N–H and O–H groups in total. The van der Waals surface area contributed by atoms with Crippen LogP contribution in [-0.4, -0.2) is 70.5 Å². The Balaban J connectivity index is 1.12. The van der Waals surface area contributed by atoms with Gasteiger partial charge in [0.1, 0.15) is 23.4 Å². The topological polar surface area (TPSA) is 90.3 Å². The van der Waals surface area contributed by atoms with Gasteiger partial charge in [-0.3, -0.25) is 14.5 Å². The number of benzene rings is 3. The number of carbonyl (C=O) groups excluding carboxylic acids is 2. The maximum atomic E-state index is 13.7. The van der Waals surface area contributed by atoms with Crippen molar-refractivity contribution in [3.8, 4) is 27.7 Å². The highest BCUT2D eigenvalue weighted by Crippen LogP contribution is 2.41. The van der Waals surface area contributed by atoms with E-state index in [1.165, 1.54) is 11.3 Å². The molecule has 2 saturated heterocycles. The van der Waals surface area contributed by atoms with E-state index in [1.807, 2.05) is 23.1 Å². The van der Waals surface area contributed by atoms with Crippen LogP contribution in [0.25, 0.3) is 20.5 Å². The van der Waals surface area contributed by atoms with Crippen LogP contribution in [0, 0.1) is 0 Å². The Kier molecular flexibility index (Phi) is 6.81. The first-order chi connectivity index (χ1) is 18.9. The number of carbonyl (C=O) groups is 2. The summed E-state index contributed by atoms with van der Waals surface area (Å²) in [6.45, 7) is 4.02. The average molecular weight is 541 g/mol. The number of hydrogen-bond acceptors (Lipinski definition) is 7. The van der Waals surface area contributed by atoms with E-state index in [0.717, 1.165) is 59.7 Å². The number of ether oxygens (including phenoxy) is 1. The zero-order valence-electron chi connectivity index (χ0n) is 21.2. The molecule has 0 saturated carbocycles. The van der Waals surface area contributed by atoms with Gasteiger partial charge in [-0.25, -0.2) is 0 Å². The molecule has 7 nitrogen and oxygen atoms in total. The summed E-state index contributed by atoms with van der Waals surface area (Å²) < 4.78 is 6.90. The summed E-state index contributed by atoms with van der Waals surface area (Å²) in [5.74, 6) is 0.985. The van der Waals surface area contributed by atoms with Gasteiger partial charge in [0.15, 0.2) is 5.78 Å². The molecule has 0 aliphatic carbocycles. The first-order valence-corrected chi connectivity index (χ1v) is 13.8. The molecular weight excluding hydrogens is 512 g/mol. The third kappa shape index (κ3) is 5.26. The highest BCUT2D eigenvalue weighted by Gasteiger charge is 2.28. The van der Waals surface area contributed by atoms with E-state index in [0.29, 0.717) is 16.9 Å². The molecule has 6 rings (SSSR count). The fourth-order valence-electron chi connectivity index (χ4n) is 4.84. The van der Waals surface area contributed by atoms with E-state index < -0.39 is 0 Å². The molecule has 3 aromatic carbocycles. The molecule has 2 aliphatic rings. The predicted octanol–water partition coefficient (Wildman–Crippen LogP) is 5.06. The van der Waals surface area contributed by atoms with Gasteiger partial charge in [0.05, 0.1) is 0 Å². The van der Waals surface area contributed by atoms with E-state index in [9.17, 15) is 19.8 Å². The molecule has 0 radical (unpaired) electrons. The molecule has 0 atom stereocenters. The van der Waals surface area contributed by atoms with Gasteiger partial charge in [0, 0.05) is 64.9 Å². The van der Waals surface area contributed by atoms with Crippen molar-refractivity contribution in [2.75, 3.05) is 32.7 Å². The number of likely N-dealkylation sites (tertiary alicyclic amines) is 2. The Morgan fingerprint density at radius 1 is 0.949 bits per heavy atom. The number of nitrogens with zero attached hydrogens (tertiary/aromatic N) is 2. The quantitative estimate of drug-likeness (QED) is 0.240. The highest BCUT2D eigenvalue weighted by atomic mass is 32.1. The number of rotatable bonds is 8. The zero-order chi connectivity index (χ0) is 26.9. The largest absolute Gasteiger partial charge is 0.508 e. The van der Waals surface area contributed by atoms with Gasteiger partial charge in [0.25, 0.3) is 0 Å². The second kappa shape index (κ2) is 10.6. The van der Waals surface area contributed by atoms with E-state index in [1.54, 1.807) is 60.7 Å². The fraction of sp³-hybridized carbons (Fsp3) is 0.226. The number of hydrogen-bond donors (Lipinski definition) is 2. The molecule has 2 aliphatic heterocycles. The van der Waals surface area contributed by atoms with Crippen molar-refractivity contribution in [3.05, 3.63) is 90.0 Å². The molecule has 198 valence electrons. The lowest BCUT2D eigenvalue weighted by atomic mass is 9.97. The van der Waals surface area contributed by atoms with Gasteiger partial charge in [-0.15, -0.1) is 11.3 Å². The maximum Gasteiger partial charge on any atom is 0.246 e. The fourth-order valence-corrected chi connectivity index (χ4v) is 6.08. The minimum atomic E-state index is -0.115. The molecule has 1 amide bonds. The molecule has 3 heterocycles. The van der Waals surface area contributed by atoms with Gasteiger partial charge >= 0.3 is 0 Å². The monoisotopic (exact) mass is 540 g/mol. The van der Waals surface area contributed by atoms with Crippen molar-refractivity contribution >= 4 is 33.1 Å². The van der Waals surface area contributed by atoms with Crippen LogP contribution in [0.2, 0.25) is 0 Å². The normalized spacial score (nSPS) is 15.8. The Morgan fingerprint density at radius 2 is 1.67 bits per heavy atom. The summed E-state index contributed by atoms with van der Waals surface area (Å²) in [7, 11) is 0. The average Bonchev–Trinajstić information content (AvgIpc) is 3.25. The first kappa shape index (κ1) is 25.2. The van der Waals surface area contributed by atoms with Crippen molar-refractivity contribution in [3.63, 3.8) is 0 Å². The Hall–Kier alpha value is -4.14. The van der Waals surface area contributed by atoms with E-state index >= 15 is 0 Å². The van der Waals surface area contributed by atoms with Crippen LogP contribution in [0.5, 0.6) is 17.2 Å². The zero-order valence-corrected chi connectivity index (χ0v) is 22.1. The lowest BCUT2D eigenvalue weighted by Gasteiger charge is -2.38. The molecule has 39 heavy (non-hydrogen) atoms. The van der Waals surface area contributed by atoms with Crippen LogP contribution < -0.4 is 4.74 Å². The molecule has 1 aromatic heterocycles. The number of phenols is 2. The molecular formula is C31H28N2O5S. The molecule has 2 fully saturated rings. The van der Waals surface area contributed by atoms with Crippen molar-refractivity contribution in [2.45, 2.75) is 12.5 Å². The summed E-state index contributed by atoms with van der Waals surface area (Å²) in [5, 5.41) is 20.5. The molecule has 8 heteroatoms. The van der Waals surface area contributed by atoms with Gasteiger partial charge in [-0.1, -0.05) is 6.08 Å². The number of amides is 1. The Bertz CT molecular complexity index is 1550. The molecule has 0 unspecified atom stereocenters. The molecule has 4 aromatic rings. The third-order valence-electron chi connectivity index (χ3n) is 7.16. The minimum absolute atomic E-state index is 0.0700. The van der Waals surface area contributed by atoms with Crippen LogP contribution in [0.15, 0.2) is 78.9 Å². The number of aromatic hydroxyl groups is 2. The van der Waals surface area contributed by atoms with E-state index in [4.69, 9.17) is 4.74 Å². The summed E-state index contributed by atoms with van der Waals surface area (Å²) in [5.41, 5.74) is 1.94. The highest BCUT2D eigenvalue weighted by molar-refractivity contribution is 7.22. The second-order valence-corrected chi connectivity index (χ2v) is 11.0. The molecule has 0 bridgehead atoms. The van der Waals surface area contributed by atoms with Crippen LogP contribution in [-0.2, 0) is 4.79 Å². The standard InChI is InChI=1S/C31H28N2O5S/c34-22-8-4-21(5-9-22)31-29(26-13-10-23(35)17-27(26)39-31)30(37)20-6-11-24(12-7-20)38-25-18-32(19-25)14-1-3-28(36)33-15-2-16-33/h1,3-13,17,25,34-35H,2,14-16,18-19H2/b3-1+. The minimum Gasteiger partial charge on any atom is -0.508 e. The van der Waals surface area contributed by atoms with Gasteiger partial charge < -0.3 is 19.8 Å². The van der Waals surface area contributed by atoms with Crippen LogP contribution in [0.4, 0.5) is 0 Å². The van der Waals surface area contributed by atoms with Gasteiger partial charge in [-0.05, 0) is 78.7 Å². The number of thiophene rings is 1. The van der Waals surface area contributed by atoms with Crippen molar-refractivity contribution in [2.24, 2.45) is 0 Å². The van der Waals surface area contributed by atoms with Crippen molar-refractivity contribution in [1.82, 2.24) is 9.80 Å². The number of phenolic OH excluding ortho intramolecular Hbond substituents is 2. The van der Waals surface area contributed by atoms with Crippen LogP contribution in [0.1, 0.15) is 22.3 Å². The van der Waals surface area contributed by atoms with Crippen LogP contribution >= 0.6 is 11.3 Å². The summed E-state index contributed by atoms with van der Waals surface area (Å²) in [6.07, 6.45) is 4.74. The van der Waals surface area contributed by atoms with Gasteiger partial charge in [0.2, 0.25) is 5.91 Å². The number of fused-ring (bicyclic) bond motifs is 1. The maximum absolute atomic E-state index is 13.7. The molecule has 0 spiro atoms.